The van der Waals surface area contributed by atoms with Crippen molar-refractivity contribution >= 4 is 22.5 Å². The van der Waals surface area contributed by atoms with Crippen LogP contribution >= 0.6 is 22.5 Å². The third kappa shape index (κ3) is 3.89. The van der Waals surface area contributed by atoms with Crippen LogP contribution < -0.4 is 4.74 Å². The Kier molecular flexibility index (Phi) is 5.03. The molecule has 0 spiro atoms. The number of hydrogen-bond acceptors (Lipinski definition) is 5. The molecule has 0 aliphatic rings. The zero-order chi connectivity index (χ0) is 9.52. The van der Waals surface area contributed by atoms with Crippen molar-refractivity contribution < 1.29 is 9.47 Å². The van der Waals surface area contributed by atoms with Gasteiger partial charge in [0, 0.05) is 24.3 Å². The third-order valence-electron chi connectivity index (χ3n) is 1.35. The van der Waals surface area contributed by atoms with Crippen molar-refractivity contribution in [2.75, 3.05) is 20.3 Å². The summed E-state index contributed by atoms with van der Waals surface area (Å²) in [5.74, 6) is 0.614. The highest BCUT2D eigenvalue weighted by molar-refractivity contribution is 8.68. The van der Waals surface area contributed by atoms with Crippen molar-refractivity contribution in [2.24, 2.45) is 0 Å². The molecule has 0 aliphatic heterocycles. The van der Waals surface area contributed by atoms with Crippen molar-refractivity contribution in [3.63, 3.8) is 0 Å². The van der Waals surface area contributed by atoms with Crippen molar-refractivity contribution in [3.05, 3.63) is 18.3 Å². The molecule has 0 N–H and O–H groups in total. The van der Waals surface area contributed by atoms with E-state index >= 15 is 0 Å². The molecule has 1 aromatic rings. The lowest BCUT2D eigenvalue weighted by molar-refractivity contribution is 0.143. The highest BCUT2D eigenvalue weighted by atomic mass is 33.1. The van der Waals surface area contributed by atoms with Crippen LogP contribution in [0.15, 0.2) is 23.2 Å². The molecule has 1 heterocycles. The zero-order valence-electron chi connectivity index (χ0n) is 7.27. The van der Waals surface area contributed by atoms with Crippen LogP contribution in [0.1, 0.15) is 0 Å². The molecular formula is C8H11NO2S2. The summed E-state index contributed by atoms with van der Waals surface area (Å²) < 4.78 is 10.1. The number of hydrogen-bond donors (Lipinski definition) is 1. The van der Waals surface area contributed by atoms with Gasteiger partial charge in [0.05, 0.1) is 6.61 Å². The molecule has 0 radical (unpaired) electrons. The number of aromatic nitrogens is 1. The summed E-state index contributed by atoms with van der Waals surface area (Å²) in [6, 6.07) is 3.72. The summed E-state index contributed by atoms with van der Waals surface area (Å²) in [5, 5.41) is 0. The van der Waals surface area contributed by atoms with Gasteiger partial charge in [-0.3, -0.25) is 0 Å². The van der Waals surface area contributed by atoms with Gasteiger partial charge in [-0.1, -0.05) is 10.8 Å². The van der Waals surface area contributed by atoms with Crippen LogP contribution in [-0.2, 0) is 4.74 Å². The molecule has 0 atom stereocenters. The zero-order valence-corrected chi connectivity index (χ0v) is 8.98. The van der Waals surface area contributed by atoms with Gasteiger partial charge in [0.25, 0.3) is 0 Å². The predicted octanol–water partition coefficient (Wildman–Crippen LogP) is 2.04. The van der Waals surface area contributed by atoms with E-state index in [4.69, 9.17) is 9.47 Å². The second kappa shape index (κ2) is 6.12. The smallest absolute Gasteiger partial charge is 0.213 e. The second-order valence-electron chi connectivity index (χ2n) is 2.26. The van der Waals surface area contributed by atoms with Crippen LogP contribution in [-0.4, -0.2) is 25.3 Å². The number of methoxy groups -OCH3 is 1. The Bertz CT molecular complexity index is 240. The predicted molar refractivity (Wildman–Crippen MR) is 56.5 cm³/mol. The van der Waals surface area contributed by atoms with Gasteiger partial charge >= 0.3 is 0 Å². The quantitative estimate of drug-likeness (QED) is 0.464. The van der Waals surface area contributed by atoms with Crippen LogP contribution in [0.25, 0.3) is 0 Å². The molecule has 1 aromatic heterocycles. The van der Waals surface area contributed by atoms with Gasteiger partial charge in [0.2, 0.25) is 5.88 Å². The van der Waals surface area contributed by atoms with Gasteiger partial charge in [0.15, 0.2) is 0 Å². The fraction of sp³-hybridized carbons (Fsp3) is 0.375. The maximum Gasteiger partial charge on any atom is 0.213 e. The molecule has 5 heteroatoms. The number of rotatable bonds is 5. The fourth-order valence-corrected chi connectivity index (χ4v) is 1.29. The van der Waals surface area contributed by atoms with Crippen molar-refractivity contribution in [1.82, 2.24) is 4.98 Å². The van der Waals surface area contributed by atoms with E-state index in [0.29, 0.717) is 19.1 Å². The van der Waals surface area contributed by atoms with Gasteiger partial charge in [-0.15, -0.1) is 11.7 Å². The maximum atomic E-state index is 5.28. The van der Waals surface area contributed by atoms with Gasteiger partial charge < -0.3 is 9.47 Å². The van der Waals surface area contributed by atoms with Crippen molar-refractivity contribution in [1.29, 1.82) is 0 Å². The normalized spacial score (nSPS) is 10.0. The van der Waals surface area contributed by atoms with Crippen LogP contribution in [0, 0.1) is 0 Å². The Labute approximate surface area is 86.7 Å². The Morgan fingerprint density at radius 3 is 2.85 bits per heavy atom. The fourth-order valence-electron chi connectivity index (χ4n) is 0.736. The molecule has 0 aromatic carbocycles. The van der Waals surface area contributed by atoms with E-state index in [1.165, 1.54) is 10.8 Å². The van der Waals surface area contributed by atoms with Gasteiger partial charge in [-0.2, -0.15) is 0 Å². The summed E-state index contributed by atoms with van der Waals surface area (Å²) in [7, 11) is 2.99. The number of thiol groups is 1. The van der Waals surface area contributed by atoms with E-state index in [-0.39, 0.29) is 0 Å². The SMILES string of the molecule is COCCOc1ccc(SS)cn1. The third-order valence-corrected chi connectivity index (χ3v) is 2.44. The average Bonchev–Trinajstić information content (AvgIpc) is 2.19. The minimum absolute atomic E-state index is 0.525. The van der Waals surface area contributed by atoms with E-state index < -0.39 is 0 Å². The number of pyridine rings is 1. The number of nitrogens with zero attached hydrogens (tertiary/aromatic N) is 1. The monoisotopic (exact) mass is 217 g/mol. The lowest BCUT2D eigenvalue weighted by Gasteiger charge is -2.03. The molecule has 0 amide bonds. The lowest BCUT2D eigenvalue weighted by Crippen LogP contribution is -2.04. The van der Waals surface area contributed by atoms with Gasteiger partial charge in [-0.25, -0.2) is 4.98 Å². The van der Waals surface area contributed by atoms with E-state index in [0.717, 1.165) is 4.90 Å². The molecule has 1 rings (SSSR count). The number of ether oxygens (including phenoxy) is 2. The maximum absolute atomic E-state index is 5.28. The minimum Gasteiger partial charge on any atom is -0.475 e. The van der Waals surface area contributed by atoms with Crippen LogP contribution in [0.2, 0.25) is 0 Å². The first-order chi connectivity index (χ1) is 6.36. The molecule has 72 valence electrons. The molecule has 0 bridgehead atoms. The highest BCUT2D eigenvalue weighted by Gasteiger charge is 1.95. The summed E-state index contributed by atoms with van der Waals surface area (Å²) in [6.07, 6.45) is 1.72. The first-order valence-corrected chi connectivity index (χ1v) is 5.63. The standard InChI is InChI=1S/C8H11NO2S2/c1-10-4-5-11-8-3-2-7(13-12)6-9-8/h2-3,6,12H,4-5H2,1H3. The summed E-state index contributed by atoms with van der Waals surface area (Å²) in [5.41, 5.74) is 0. The summed E-state index contributed by atoms with van der Waals surface area (Å²) in [6.45, 7) is 1.10. The van der Waals surface area contributed by atoms with Gasteiger partial charge in [0.1, 0.15) is 6.61 Å². The Hall–Kier alpha value is -0.390. The molecular weight excluding hydrogens is 206 g/mol. The molecule has 0 saturated carbocycles. The topological polar surface area (TPSA) is 31.4 Å². The molecule has 0 fully saturated rings. The Balaban J connectivity index is 2.40. The molecule has 0 aliphatic carbocycles. The van der Waals surface area contributed by atoms with E-state index in [9.17, 15) is 0 Å². The minimum atomic E-state index is 0.525. The lowest BCUT2D eigenvalue weighted by atomic mass is 10.5. The molecule has 3 nitrogen and oxygen atoms in total. The Morgan fingerprint density at radius 2 is 2.31 bits per heavy atom. The van der Waals surface area contributed by atoms with Gasteiger partial charge in [-0.05, 0) is 6.07 Å². The molecule has 0 unspecified atom stereocenters. The first kappa shape index (κ1) is 10.7. The van der Waals surface area contributed by atoms with Crippen molar-refractivity contribution in [2.45, 2.75) is 4.90 Å². The van der Waals surface area contributed by atoms with E-state index in [1.54, 1.807) is 13.3 Å². The first-order valence-electron chi connectivity index (χ1n) is 3.76. The highest BCUT2D eigenvalue weighted by Crippen LogP contribution is 2.21. The van der Waals surface area contributed by atoms with Crippen LogP contribution in [0.5, 0.6) is 5.88 Å². The second-order valence-corrected chi connectivity index (χ2v) is 3.47. The van der Waals surface area contributed by atoms with Crippen LogP contribution in [0.4, 0.5) is 0 Å². The largest absolute Gasteiger partial charge is 0.475 e. The van der Waals surface area contributed by atoms with E-state index in [2.05, 4.69) is 16.6 Å². The van der Waals surface area contributed by atoms with Crippen molar-refractivity contribution in [3.8, 4) is 5.88 Å². The van der Waals surface area contributed by atoms with E-state index in [1.807, 2.05) is 12.1 Å². The molecule has 0 saturated heterocycles. The van der Waals surface area contributed by atoms with Crippen LogP contribution in [0.3, 0.4) is 0 Å². The Morgan fingerprint density at radius 1 is 1.46 bits per heavy atom. The molecule has 13 heavy (non-hydrogen) atoms. The average molecular weight is 217 g/mol. The summed E-state index contributed by atoms with van der Waals surface area (Å²) >= 11 is 4.05. The summed E-state index contributed by atoms with van der Waals surface area (Å²) in [4.78, 5) is 5.08.